The molecule has 40 heavy (non-hydrogen) atoms. The number of fused-ring (bicyclic) bond motifs is 4. The van der Waals surface area contributed by atoms with E-state index in [-0.39, 0.29) is 23.4 Å². The van der Waals surface area contributed by atoms with Gasteiger partial charge in [0, 0.05) is 46.0 Å². The first-order chi connectivity index (χ1) is 19.4. The van der Waals surface area contributed by atoms with Crippen molar-refractivity contribution >= 4 is 22.9 Å². The number of benzene rings is 2. The molecular formula is C31H26ClFN6O. The molecule has 2 aromatic carbocycles. The van der Waals surface area contributed by atoms with E-state index >= 15 is 4.39 Å². The molecule has 4 aliphatic rings. The molecule has 0 bridgehead atoms. The summed E-state index contributed by atoms with van der Waals surface area (Å²) in [7, 11) is 0. The van der Waals surface area contributed by atoms with Crippen molar-refractivity contribution in [2.45, 2.75) is 51.0 Å². The maximum atomic E-state index is 15.4. The first-order valence-electron chi connectivity index (χ1n) is 13.8. The number of hydrogen-bond donors (Lipinski definition) is 0. The molecule has 4 aromatic rings. The zero-order valence-electron chi connectivity index (χ0n) is 21.9. The fourth-order valence-corrected chi connectivity index (χ4v) is 7.22. The topological polar surface area (TPSA) is 78.0 Å². The SMILES string of the molecule is CC1CCc2cc(C3=C(F)N=C(C4C5CC5c5cc(-c6cc(Cl)ccc6-n6cnnn6)cc(=O)n54)C3)ccc2C1. The van der Waals surface area contributed by atoms with Gasteiger partial charge < -0.3 is 4.57 Å². The molecule has 0 amide bonds. The van der Waals surface area contributed by atoms with E-state index < -0.39 is 5.95 Å². The van der Waals surface area contributed by atoms with Crippen LogP contribution in [0.5, 0.6) is 0 Å². The summed E-state index contributed by atoms with van der Waals surface area (Å²) in [6.45, 7) is 2.29. The lowest BCUT2D eigenvalue weighted by Gasteiger charge is -2.22. The zero-order chi connectivity index (χ0) is 27.1. The van der Waals surface area contributed by atoms with Gasteiger partial charge in [-0.15, -0.1) is 5.10 Å². The zero-order valence-corrected chi connectivity index (χ0v) is 22.6. The Hall–Kier alpha value is -3.91. The van der Waals surface area contributed by atoms with Gasteiger partial charge >= 0.3 is 0 Å². The Bertz CT molecular complexity index is 1820. The number of tetrazole rings is 1. The predicted molar refractivity (Wildman–Crippen MR) is 151 cm³/mol. The van der Waals surface area contributed by atoms with Gasteiger partial charge in [-0.2, -0.15) is 9.07 Å². The van der Waals surface area contributed by atoms with Crippen molar-refractivity contribution in [3.05, 3.63) is 98.6 Å². The molecule has 7 nitrogen and oxygen atoms in total. The Morgan fingerprint density at radius 1 is 1.05 bits per heavy atom. The van der Waals surface area contributed by atoms with Crippen LogP contribution >= 0.6 is 11.6 Å². The van der Waals surface area contributed by atoms with Gasteiger partial charge in [-0.1, -0.05) is 36.7 Å². The molecule has 4 atom stereocenters. The fraction of sp³-hybridized carbons (Fsp3) is 0.323. The van der Waals surface area contributed by atoms with E-state index in [1.807, 2.05) is 22.8 Å². The average Bonchev–Trinajstić information content (AvgIpc) is 3.24. The minimum Gasteiger partial charge on any atom is -0.303 e. The molecule has 4 heterocycles. The molecule has 0 spiro atoms. The molecule has 2 aliphatic heterocycles. The van der Waals surface area contributed by atoms with Crippen molar-refractivity contribution in [2.75, 3.05) is 0 Å². The molecule has 2 aromatic heterocycles. The number of allylic oxidation sites excluding steroid dienone is 1. The quantitative estimate of drug-likeness (QED) is 0.286. The number of pyridine rings is 1. The summed E-state index contributed by atoms with van der Waals surface area (Å²) in [5.74, 6) is 0.791. The minimum absolute atomic E-state index is 0.119. The lowest BCUT2D eigenvalue weighted by atomic mass is 9.83. The van der Waals surface area contributed by atoms with Gasteiger partial charge in [-0.25, -0.2) is 4.99 Å². The van der Waals surface area contributed by atoms with Gasteiger partial charge in [-0.05, 0) is 94.5 Å². The van der Waals surface area contributed by atoms with E-state index in [0.717, 1.165) is 53.0 Å². The van der Waals surface area contributed by atoms with Crippen LogP contribution in [0, 0.1) is 11.8 Å². The minimum atomic E-state index is -0.417. The Kier molecular flexibility index (Phi) is 5.26. The van der Waals surface area contributed by atoms with Gasteiger partial charge in [-0.3, -0.25) is 4.79 Å². The molecule has 1 saturated carbocycles. The van der Waals surface area contributed by atoms with Crippen LogP contribution in [-0.2, 0) is 12.8 Å². The molecule has 0 radical (unpaired) electrons. The maximum Gasteiger partial charge on any atom is 0.251 e. The number of aromatic nitrogens is 5. The third-order valence-corrected chi connectivity index (χ3v) is 9.32. The lowest BCUT2D eigenvalue weighted by molar-refractivity contribution is 0.501. The number of aryl methyl sites for hydroxylation is 1. The van der Waals surface area contributed by atoms with Crippen LogP contribution in [0.3, 0.4) is 0 Å². The monoisotopic (exact) mass is 552 g/mol. The van der Waals surface area contributed by atoms with Gasteiger partial charge in [0.25, 0.3) is 5.56 Å². The van der Waals surface area contributed by atoms with E-state index in [4.69, 9.17) is 11.6 Å². The van der Waals surface area contributed by atoms with E-state index in [0.29, 0.717) is 22.9 Å². The second kappa shape index (κ2) is 8.80. The molecule has 2 aliphatic carbocycles. The molecule has 8 rings (SSSR count). The second-order valence-corrected chi connectivity index (χ2v) is 12.1. The highest BCUT2D eigenvalue weighted by Gasteiger charge is 2.55. The Balaban J connectivity index is 1.13. The number of halogens is 2. The average molecular weight is 553 g/mol. The van der Waals surface area contributed by atoms with Crippen LogP contribution in [0.4, 0.5) is 4.39 Å². The number of rotatable bonds is 4. The summed E-state index contributed by atoms with van der Waals surface area (Å²) in [4.78, 5) is 18.1. The Morgan fingerprint density at radius 3 is 2.80 bits per heavy atom. The largest absolute Gasteiger partial charge is 0.303 e. The maximum absolute atomic E-state index is 15.4. The summed E-state index contributed by atoms with van der Waals surface area (Å²) in [6, 6.07) is 15.3. The van der Waals surface area contributed by atoms with Gasteiger partial charge in [0.1, 0.15) is 6.33 Å². The van der Waals surface area contributed by atoms with Crippen LogP contribution in [0.15, 0.2) is 70.6 Å². The summed E-state index contributed by atoms with van der Waals surface area (Å²) in [5.41, 5.74) is 8.11. The van der Waals surface area contributed by atoms with E-state index in [1.54, 1.807) is 16.8 Å². The van der Waals surface area contributed by atoms with Gasteiger partial charge in [0.2, 0.25) is 5.95 Å². The van der Waals surface area contributed by atoms with Crippen LogP contribution in [-0.4, -0.2) is 30.5 Å². The Morgan fingerprint density at radius 2 is 1.95 bits per heavy atom. The number of hydrogen-bond acceptors (Lipinski definition) is 5. The van der Waals surface area contributed by atoms with Crippen molar-refractivity contribution in [2.24, 2.45) is 16.8 Å². The van der Waals surface area contributed by atoms with Crippen molar-refractivity contribution in [1.29, 1.82) is 0 Å². The molecule has 1 fully saturated rings. The van der Waals surface area contributed by atoms with Gasteiger partial charge in [0.15, 0.2) is 0 Å². The van der Waals surface area contributed by atoms with Crippen molar-refractivity contribution in [1.82, 2.24) is 24.8 Å². The summed E-state index contributed by atoms with van der Waals surface area (Å²) >= 11 is 6.35. The van der Waals surface area contributed by atoms with Crippen molar-refractivity contribution in [3.63, 3.8) is 0 Å². The highest BCUT2D eigenvalue weighted by Crippen LogP contribution is 2.60. The van der Waals surface area contributed by atoms with Crippen LogP contribution in [0.2, 0.25) is 5.02 Å². The van der Waals surface area contributed by atoms with Gasteiger partial charge in [0.05, 0.1) is 11.7 Å². The first kappa shape index (κ1) is 23.9. The summed E-state index contributed by atoms with van der Waals surface area (Å²) < 4.78 is 18.8. The smallest absolute Gasteiger partial charge is 0.251 e. The third kappa shape index (κ3) is 3.73. The standard InChI is InChI=1S/C31H26ClFN6O/c1-16-2-3-18-9-19(5-4-17(18)8-16)23-14-26(35-31(23)33)30-25-13-24(25)28-10-20(11-29(40)39(28)30)22-12-21(32)6-7-27(22)38-15-34-36-37-38/h4-7,9-12,15-16,24-25,30H,2-3,8,13-14H2,1H3. The number of aliphatic imine (C=N–C) groups is 1. The normalized spacial score (nSPS) is 24.5. The van der Waals surface area contributed by atoms with Crippen LogP contribution in [0.25, 0.3) is 22.4 Å². The van der Waals surface area contributed by atoms with E-state index in [2.05, 4.69) is 45.6 Å². The molecule has 4 unspecified atom stereocenters. The molecule has 0 saturated heterocycles. The van der Waals surface area contributed by atoms with Crippen molar-refractivity contribution < 1.29 is 4.39 Å². The first-order valence-corrected chi connectivity index (χ1v) is 14.2. The second-order valence-electron chi connectivity index (χ2n) is 11.6. The molecule has 9 heteroatoms. The number of nitrogens with zero attached hydrogens (tertiary/aromatic N) is 6. The molecule has 0 N–H and O–H groups in total. The third-order valence-electron chi connectivity index (χ3n) is 9.09. The van der Waals surface area contributed by atoms with Crippen molar-refractivity contribution in [3.8, 4) is 16.8 Å². The highest BCUT2D eigenvalue weighted by molar-refractivity contribution is 6.31. The molecule has 200 valence electrons. The predicted octanol–water partition coefficient (Wildman–Crippen LogP) is 6.11. The fourth-order valence-electron chi connectivity index (χ4n) is 7.05. The highest BCUT2D eigenvalue weighted by atomic mass is 35.5. The van der Waals surface area contributed by atoms with E-state index in [9.17, 15) is 4.79 Å². The molecular weight excluding hydrogens is 527 g/mol. The summed E-state index contributed by atoms with van der Waals surface area (Å²) in [6.07, 6.45) is 6.19. The van der Waals surface area contributed by atoms with Crippen LogP contribution in [0.1, 0.15) is 60.5 Å². The summed E-state index contributed by atoms with van der Waals surface area (Å²) in [5, 5.41) is 12.1. The van der Waals surface area contributed by atoms with E-state index in [1.165, 1.54) is 23.9 Å². The van der Waals surface area contributed by atoms with Crippen LogP contribution < -0.4 is 5.56 Å². The lowest BCUT2D eigenvalue weighted by Crippen LogP contribution is -2.29. The Labute approximate surface area is 235 Å².